The third kappa shape index (κ3) is 7.19. The van der Waals surface area contributed by atoms with Crippen LogP contribution in [0.15, 0.2) is 187 Å². The molecule has 2 atom stereocenters. The maximum Gasteiger partial charge on any atom is 0.294 e. The Kier molecular flexibility index (Phi) is 11.0. The molecule has 6 aromatic rings. The van der Waals surface area contributed by atoms with E-state index in [0.717, 1.165) is 31.4 Å². The highest BCUT2D eigenvalue weighted by molar-refractivity contribution is 6.04. The molecule has 2 heterocycles. The number of ether oxygens (including phenoxy) is 2. The Balaban J connectivity index is 0.000000222. The molecule has 2 N–H and O–H groups in total. The van der Waals surface area contributed by atoms with E-state index in [0.29, 0.717) is 34.6 Å². The van der Waals surface area contributed by atoms with Crippen molar-refractivity contribution in [3.63, 3.8) is 0 Å². The number of anilines is 1. The van der Waals surface area contributed by atoms with Gasteiger partial charge in [0.1, 0.15) is 23.4 Å². The zero-order chi connectivity index (χ0) is 37.4. The SMILES string of the molecule is C=CCN(C(=O)c1ccco1)c1ccccc1.OC(c1ccccc1)(c1ccccc1)[C@@H]1OC2(CCCC2)O[C@H]1C(O)(c1ccccc1)c1ccccc1. The molecule has 274 valence electrons. The highest BCUT2D eigenvalue weighted by Crippen LogP contribution is 2.54. The summed E-state index contributed by atoms with van der Waals surface area (Å²) >= 11 is 0. The van der Waals surface area contributed by atoms with Crippen LogP contribution < -0.4 is 4.90 Å². The second-order valence-electron chi connectivity index (χ2n) is 13.7. The Hall–Kier alpha value is -5.57. The third-order valence-corrected chi connectivity index (χ3v) is 10.4. The molecule has 0 unspecified atom stereocenters. The minimum atomic E-state index is -1.57. The van der Waals surface area contributed by atoms with E-state index in [9.17, 15) is 15.0 Å². The number of hydrogen-bond donors (Lipinski definition) is 2. The zero-order valence-electron chi connectivity index (χ0n) is 30.1. The van der Waals surface area contributed by atoms with Crippen molar-refractivity contribution in [2.45, 2.75) is 54.9 Å². The van der Waals surface area contributed by atoms with Crippen molar-refractivity contribution in [3.05, 3.63) is 211 Å². The molecule has 8 rings (SSSR count). The average molecular weight is 720 g/mol. The molecule has 1 saturated carbocycles. The summed E-state index contributed by atoms with van der Waals surface area (Å²) in [6.45, 7) is 4.11. The summed E-state index contributed by atoms with van der Waals surface area (Å²) in [7, 11) is 0. The molecule has 1 saturated heterocycles. The normalized spacial score (nSPS) is 17.7. The largest absolute Gasteiger partial charge is 0.459 e. The topological polar surface area (TPSA) is 92.4 Å². The molecule has 54 heavy (non-hydrogen) atoms. The van der Waals surface area contributed by atoms with Gasteiger partial charge in [-0.2, -0.15) is 0 Å². The van der Waals surface area contributed by atoms with Gasteiger partial charge < -0.3 is 29.0 Å². The predicted molar refractivity (Wildman–Crippen MR) is 210 cm³/mol. The van der Waals surface area contributed by atoms with Crippen molar-refractivity contribution in [1.82, 2.24) is 0 Å². The van der Waals surface area contributed by atoms with Crippen LogP contribution in [-0.4, -0.2) is 40.7 Å². The first-order chi connectivity index (χ1) is 26.4. The van der Waals surface area contributed by atoms with E-state index in [2.05, 4.69) is 6.58 Å². The maximum absolute atomic E-state index is 12.8. The van der Waals surface area contributed by atoms with Gasteiger partial charge in [-0.05, 0) is 59.4 Å². The van der Waals surface area contributed by atoms with Crippen LogP contribution in [0, 0.1) is 0 Å². The van der Waals surface area contributed by atoms with Gasteiger partial charge in [0.05, 0.1) is 6.26 Å². The summed E-state index contributed by atoms with van der Waals surface area (Å²) in [5, 5.41) is 25.6. The lowest BCUT2D eigenvalue weighted by Crippen LogP contribution is -2.54. The second-order valence-corrected chi connectivity index (χ2v) is 13.7. The summed E-state index contributed by atoms with van der Waals surface area (Å²) in [6.07, 6.45) is 4.80. The Morgan fingerprint density at radius 2 is 1.02 bits per heavy atom. The van der Waals surface area contributed by atoms with Crippen LogP contribution >= 0.6 is 0 Å². The molecule has 0 radical (unpaired) electrons. The fourth-order valence-electron chi connectivity index (χ4n) is 7.71. The molecule has 1 aliphatic carbocycles. The fourth-order valence-corrected chi connectivity index (χ4v) is 7.71. The highest BCUT2D eigenvalue weighted by atomic mass is 16.8. The highest BCUT2D eigenvalue weighted by Gasteiger charge is 2.63. The number of para-hydroxylation sites is 1. The van der Waals surface area contributed by atoms with Crippen molar-refractivity contribution >= 4 is 11.6 Å². The number of aliphatic hydroxyl groups is 2. The molecule has 7 heteroatoms. The zero-order valence-corrected chi connectivity index (χ0v) is 30.1. The number of nitrogens with zero attached hydrogens (tertiary/aromatic N) is 1. The van der Waals surface area contributed by atoms with E-state index in [1.807, 2.05) is 152 Å². The number of hydrogen-bond acceptors (Lipinski definition) is 6. The lowest BCUT2D eigenvalue weighted by molar-refractivity contribution is -0.192. The van der Waals surface area contributed by atoms with Crippen LogP contribution in [0.1, 0.15) is 58.5 Å². The van der Waals surface area contributed by atoms with E-state index in [4.69, 9.17) is 13.9 Å². The molecular weight excluding hydrogens is 675 g/mol. The van der Waals surface area contributed by atoms with Crippen LogP contribution in [0.3, 0.4) is 0 Å². The quantitative estimate of drug-likeness (QED) is 0.137. The average Bonchev–Trinajstić information content (AvgIpc) is 4.04. The second kappa shape index (κ2) is 16.2. The smallest absolute Gasteiger partial charge is 0.294 e. The van der Waals surface area contributed by atoms with Crippen LogP contribution in [0.4, 0.5) is 5.69 Å². The van der Waals surface area contributed by atoms with Gasteiger partial charge in [0.25, 0.3) is 5.91 Å². The van der Waals surface area contributed by atoms with Crippen molar-refractivity contribution < 1.29 is 28.9 Å². The van der Waals surface area contributed by atoms with E-state index in [1.54, 1.807) is 23.1 Å². The Morgan fingerprint density at radius 3 is 1.37 bits per heavy atom. The lowest BCUT2D eigenvalue weighted by atomic mass is 9.72. The molecular formula is C47H45NO6. The Morgan fingerprint density at radius 1 is 0.630 bits per heavy atom. The van der Waals surface area contributed by atoms with E-state index >= 15 is 0 Å². The summed E-state index contributed by atoms with van der Waals surface area (Å²) < 4.78 is 18.8. The molecule has 1 spiro atoms. The van der Waals surface area contributed by atoms with Crippen LogP contribution in [0.2, 0.25) is 0 Å². The first kappa shape index (κ1) is 36.8. The van der Waals surface area contributed by atoms with Crippen LogP contribution in [0.25, 0.3) is 0 Å². The van der Waals surface area contributed by atoms with Crippen molar-refractivity contribution in [3.8, 4) is 0 Å². The number of carbonyl (C=O) groups is 1. The van der Waals surface area contributed by atoms with Gasteiger partial charge in [0.15, 0.2) is 11.5 Å². The molecule has 1 aliphatic heterocycles. The molecule has 0 bridgehead atoms. The molecule has 5 aromatic carbocycles. The van der Waals surface area contributed by atoms with E-state index in [1.165, 1.54) is 6.26 Å². The standard InChI is InChI=1S/C33H32O4.C14H13NO2/c34-32(25-15-5-1-6-16-25,26-17-7-2-8-18-26)29-30(37-31(36-29)23-13-14-24-31)33(35,27-19-9-3-10-20-27)28-21-11-4-12-22-28;1-2-10-15(12-7-4-3-5-8-12)14(16)13-9-6-11-17-13/h1-12,15-22,29-30,34-35H,13-14,23-24H2;2-9,11H,1,10H2/t29-,30-;/m1./s1. The maximum atomic E-state index is 12.8. The molecule has 1 aromatic heterocycles. The molecule has 7 nitrogen and oxygen atoms in total. The van der Waals surface area contributed by atoms with Gasteiger partial charge in [-0.15, -0.1) is 6.58 Å². The van der Waals surface area contributed by atoms with Gasteiger partial charge in [-0.3, -0.25) is 4.79 Å². The predicted octanol–water partition coefficient (Wildman–Crippen LogP) is 9.03. The first-order valence-corrected chi connectivity index (χ1v) is 18.4. The summed E-state index contributed by atoms with van der Waals surface area (Å²) in [6, 6.07) is 51.2. The number of rotatable bonds is 10. The Bertz CT molecular complexity index is 1890. The van der Waals surface area contributed by atoms with Crippen LogP contribution in [0.5, 0.6) is 0 Å². The Labute approximate surface area is 316 Å². The van der Waals surface area contributed by atoms with Gasteiger partial charge in [-0.1, -0.05) is 146 Å². The van der Waals surface area contributed by atoms with Gasteiger partial charge in [0, 0.05) is 25.1 Å². The molecule has 2 fully saturated rings. The summed E-state index contributed by atoms with van der Waals surface area (Å²) in [5.41, 5.74) is 0.454. The number of benzene rings is 5. The van der Waals surface area contributed by atoms with E-state index < -0.39 is 29.2 Å². The van der Waals surface area contributed by atoms with Crippen LogP contribution in [-0.2, 0) is 20.7 Å². The van der Waals surface area contributed by atoms with Crippen molar-refractivity contribution in [2.75, 3.05) is 11.4 Å². The fraction of sp³-hybridized carbons (Fsp3) is 0.213. The third-order valence-electron chi connectivity index (χ3n) is 10.4. The summed E-state index contributed by atoms with van der Waals surface area (Å²) in [4.78, 5) is 13.8. The van der Waals surface area contributed by atoms with Crippen molar-refractivity contribution in [2.24, 2.45) is 0 Å². The first-order valence-electron chi connectivity index (χ1n) is 18.4. The number of amides is 1. The molecule has 2 aliphatic rings. The lowest BCUT2D eigenvalue weighted by Gasteiger charge is -2.42. The van der Waals surface area contributed by atoms with Gasteiger partial charge in [0.2, 0.25) is 0 Å². The summed E-state index contributed by atoms with van der Waals surface area (Å²) in [5.74, 6) is -0.693. The van der Waals surface area contributed by atoms with Gasteiger partial charge in [-0.25, -0.2) is 0 Å². The number of carbonyl (C=O) groups excluding carboxylic acids is 1. The van der Waals surface area contributed by atoms with Crippen molar-refractivity contribution in [1.29, 1.82) is 0 Å². The molecule has 1 amide bonds. The monoisotopic (exact) mass is 719 g/mol. The van der Waals surface area contributed by atoms with Gasteiger partial charge >= 0.3 is 0 Å². The van der Waals surface area contributed by atoms with E-state index in [-0.39, 0.29) is 5.91 Å². The minimum absolute atomic E-state index is 0.166. The minimum Gasteiger partial charge on any atom is -0.459 e. The number of furan rings is 1.